The highest BCUT2D eigenvalue weighted by atomic mass is 15.2. The fourth-order valence-corrected chi connectivity index (χ4v) is 6.63. The van der Waals surface area contributed by atoms with E-state index < -0.39 is 0 Å². The molecular weight excluding hydrogens is 532 g/mol. The van der Waals surface area contributed by atoms with Crippen LogP contribution in [0.2, 0.25) is 0 Å². The standard InChI is InChI=1S/C42H59N2/c1-3-4-5-6-7-8-9-10-11-12-13-14-15-25-32-43-36-41(33-37(2)40-30-23-18-24-31-40)44(35-39-28-21-17-22-29-39)42(43)34-38-26-19-16-20-27-38/h16-24,26-31,36-37H,3-15,25,32-35H2,1-2H3/q+1. The van der Waals surface area contributed by atoms with Crippen LogP contribution in [0, 0.1) is 0 Å². The fraction of sp³-hybridized carbons (Fsp3) is 0.500. The Bertz CT molecular complexity index is 1280. The van der Waals surface area contributed by atoms with E-state index >= 15 is 0 Å². The highest BCUT2D eigenvalue weighted by Gasteiger charge is 2.25. The molecule has 1 atom stereocenters. The fourth-order valence-electron chi connectivity index (χ4n) is 6.63. The van der Waals surface area contributed by atoms with Crippen LogP contribution in [0.25, 0.3) is 0 Å². The maximum Gasteiger partial charge on any atom is 0.261 e. The summed E-state index contributed by atoms with van der Waals surface area (Å²) in [5, 5.41) is 0. The van der Waals surface area contributed by atoms with Crippen LogP contribution < -0.4 is 4.57 Å². The van der Waals surface area contributed by atoms with Gasteiger partial charge in [-0.15, -0.1) is 0 Å². The number of aryl methyl sites for hydroxylation is 1. The number of benzene rings is 3. The summed E-state index contributed by atoms with van der Waals surface area (Å²) in [5.41, 5.74) is 5.62. The molecule has 0 fully saturated rings. The molecule has 0 aliphatic heterocycles. The van der Waals surface area contributed by atoms with Gasteiger partial charge in [0.1, 0.15) is 18.4 Å². The van der Waals surface area contributed by atoms with Gasteiger partial charge in [0, 0.05) is 6.42 Å². The Morgan fingerprint density at radius 3 is 1.59 bits per heavy atom. The van der Waals surface area contributed by atoms with Crippen molar-refractivity contribution in [2.24, 2.45) is 0 Å². The molecule has 4 aromatic rings. The summed E-state index contributed by atoms with van der Waals surface area (Å²) in [6, 6.07) is 33.1. The minimum absolute atomic E-state index is 0.472. The second-order valence-corrected chi connectivity index (χ2v) is 13.1. The molecule has 236 valence electrons. The molecule has 2 heteroatoms. The highest BCUT2D eigenvalue weighted by molar-refractivity contribution is 5.24. The Morgan fingerprint density at radius 1 is 0.568 bits per heavy atom. The molecular formula is C42H59N2+. The quantitative estimate of drug-likeness (QED) is 0.0635. The highest BCUT2D eigenvalue weighted by Crippen LogP contribution is 2.23. The van der Waals surface area contributed by atoms with Crippen LogP contribution in [0.4, 0.5) is 0 Å². The number of unbranched alkanes of at least 4 members (excludes halogenated alkanes) is 13. The van der Waals surface area contributed by atoms with E-state index in [1.807, 2.05) is 0 Å². The third-order valence-electron chi connectivity index (χ3n) is 9.32. The average molecular weight is 592 g/mol. The van der Waals surface area contributed by atoms with E-state index in [2.05, 4.69) is 120 Å². The van der Waals surface area contributed by atoms with E-state index in [0.29, 0.717) is 5.92 Å². The Labute approximate surface area is 269 Å². The zero-order valence-corrected chi connectivity index (χ0v) is 27.9. The van der Waals surface area contributed by atoms with Gasteiger partial charge in [-0.1, -0.05) is 182 Å². The zero-order valence-electron chi connectivity index (χ0n) is 27.9. The van der Waals surface area contributed by atoms with Crippen molar-refractivity contribution in [3.05, 3.63) is 125 Å². The zero-order chi connectivity index (χ0) is 30.7. The molecule has 0 saturated carbocycles. The van der Waals surface area contributed by atoms with E-state index in [1.54, 1.807) is 0 Å². The van der Waals surface area contributed by atoms with Crippen molar-refractivity contribution in [2.45, 2.75) is 136 Å². The Kier molecular flexibility index (Phi) is 15.4. The molecule has 44 heavy (non-hydrogen) atoms. The van der Waals surface area contributed by atoms with Gasteiger partial charge in [0.25, 0.3) is 5.82 Å². The van der Waals surface area contributed by atoms with Gasteiger partial charge in [-0.25, -0.2) is 9.13 Å². The lowest BCUT2D eigenvalue weighted by atomic mass is 9.96. The van der Waals surface area contributed by atoms with Crippen LogP contribution in [0.3, 0.4) is 0 Å². The summed E-state index contributed by atoms with van der Waals surface area (Å²) in [5.74, 6) is 1.91. The second kappa shape index (κ2) is 20.0. The second-order valence-electron chi connectivity index (χ2n) is 13.1. The summed E-state index contributed by atoms with van der Waals surface area (Å²) in [7, 11) is 0. The first-order chi connectivity index (χ1) is 21.7. The van der Waals surface area contributed by atoms with Crippen LogP contribution >= 0.6 is 0 Å². The summed E-state index contributed by atoms with van der Waals surface area (Å²) in [4.78, 5) is 0. The van der Waals surface area contributed by atoms with Crippen molar-refractivity contribution < 1.29 is 4.57 Å². The molecule has 0 saturated heterocycles. The molecule has 0 amide bonds. The third-order valence-corrected chi connectivity index (χ3v) is 9.32. The van der Waals surface area contributed by atoms with Gasteiger partial charge in [0.2, 0.25) is 0 Å². The first-order valence-electron chi connectivity index (χ1n) is 18.0. The lowest BCUT2D eigenvalue weighted by Gasteiger charge is -2.12. The van der Waals surface area contributed by atoms with Gasteiger partial charge in [-0.05, 0) is 35.4 Å². The number of hydrogen-bond acceptors (Lipinski definition) is 0. The molecule has 0 aliphatic carbocycles. The minimum Gasteiger partial charge on any atom is -0.234 e. The van der Waals surface area contributed by atoms with E-state index in [9.17, 15) is 0 Å². The van der Waals surface area contributed by atoms with Gasteiger partial charge in [0.15, 0.2) is 0 Å². The molecule has 1 heterocycles. The number of aromatic nitrogens is 2. The Balaban J connectivity index is 1.36. The lowest BCUT2D eigenvalue weighted by molar-refractivity contribution is -0.704. The monoisotopic (exact) mass is 591 g/mol. The van der Waals surface area contributed by atoms with Crippen molar-refractivity contribution in [1.29, 1.82) is 0 Å². The number of nitrogens with zero attached hydrogens (tertiary/aromatic N) is 2. The minimum atomic E-state index is 0.472. The SMILES string of the molecule is CCCCCCCCCCCCCCCC[n+]1cc(CC(C)c2ccccc2)n(Cc2ccccc2)c1Cc1ccccc1. The first kappa shape index (κ1) is 33.8. The van der Waals surface area contributed by atoms with Crippen molar-refractivity contribution in [1.82, 2.24) is 4.57 Å². The normalized spacial score (nSPS) is 12.0. The van der Waals surface area contributed by atoms with Gasteiger partial charge in [0.05, 0.1) is 13.0 Å². The number of imidazole rings is 1. The third kappa shape index (κ3) is 11.8. The molecule has 0 bridgehead atoms. The topological polar surface area (TPSA) is 8.81 Å². The molecule has 0 aliphatic rings. The summed E-state index contributed by atoms with van der Waals surface area (Å²) < 4.78 is 5.23. The first-order valence-corrected chi connectivity index (χ1v) is 18.0. The maximum atomic E-state index is 2.63. The number of hydrogen-bond donors (Lipinski definition) is 0. The van der Waals surface area contributed by atoms with Crippen molar-refractivity contribution in [2.75, 3.05) is 0 Å². The van der Waals surface area contributed by atoms with Crippen LogP contribution in [0.1, 0.15) is 138 Å². The molecule has 0 spiro atoms. The smallest absolute Gasteiger partial charge is 0.234 e. The van der Waals surface area contributed by atoms with Gasteiger partial charge in [-0.3, -0.25) is 0 Å². The largest absolute Gasteiger partial charge is 0.261 e. The molecule has 3 aromatic carbocycles. The van der Waals surface area contributed by atoms with Gasteiger partial charge in [-0.2, -0.15) is 0 Å². The molecule has 0 N–H and O–H groups in total. The Hall–Kier alpha value is -3.13. The average Bonchev–Trinajstić information content (AvgIpc) is 3.37. The summed E-state index contributed by atoms with van der Waals surface area (Å²) in [6.07, 6.45) is 24.1. The predicted octanol–water partition coefficient (Wildman–Crippen LogP) is 11.2. The van der Waals surface area contributed by atoms with Crippen molar-refractivity contribution in [3.63, 3.8) is 0 Å². The van der Waals surface area contributed by atoms with E-state index in [4.69, 9.17) is 0 Å². The summed E-state index contributed by atoms with van der Waals surface area (Å²) >= 11 is 0. The van der Waals surface area contributed by atoms with Crippen molar-refractivity contribution in [3.8, 4) is 0 Å². The summed E-state index contributed by atoms with van der Waals surface area (Å²) in [6.45, 7) is 6.71. The Morgan fingerprint density at radius 2 is 1.05 bits per heavy atom. The molecule has 1 unspecified atom stereocenters. The van der Waals surface area contributed by atoms with Crippen LogP contribution in [0.15, 0.2) is 97.2 Å². The number of rotatable bonds is 22. The molecule has 1 aromatic heterocycles. The van der Waals surface area contributed by atoms with Crippen LogP contribution in [0.5, 0.6) is 0 Å². The van der Waals surface area contributed by atoms with E-state index in [0.717, 1.165) is 25.9 Å². The molecule has 2 nitrogen and oxygen atoms in total. The van der Waals surface area contributed by atoms with Crippen LogP contribution in [-0.4, -0.2) is 4.57 Å². The predicted molar refractivity (Wildman–Crippen MR) is 188 cm³/mol. The van der Waals surface area contributed by atoms with E-state index in [-0.39, 0.29) is 0 Å². The molecule has 4 rings (SSSR count). The van der Waals surface area contributed by atoms with Crippen LogP contribution in [-0.2, 0) is 25.9 Å². The maximum absolute atomic E-state index is 2.63. The van der Waals surface area contributed by atoms with E-state index in [1.165, 1.54) is 118 Å². The van der Waals surface area contributed by atoms with Crippen molar-refractivity contribution >= 4 is 0 Å². The lowest BCUT2D eigenvalue weighted by Crippen LogP contribution is -2.37. The van der Waals surface area contributed by atoms with Gasteiger partial charge >= 0.3 is 0 Å². The van der Waals surface area contributed by atoms with Gasteiger partial charge < -0.3 is 0 Å². The molecule has 0 radical (unpaired) electrons.